The first-order chi connectivity index (χ1) is 6.22. The Kier molecular flexibility index (Phi) is 6.34. The summed E-state index contributed by atoms with van der Waals surface area (Å²) in [6.07, 6.45) is 7.18. The Morgan fingerprint density at radius 1 is 1.54 bits per heavy atom. The Labute approximate surface area is 78.8 Å². The summed E-state index contributed by atoms with van der Waals surface area (Å²) in [6.45, 7) is 2.72. The first kappa shape index (κ1) is 11.5. The lowest BCUT2D eigenvalue weighted by Crippen LogP contribution is -2.16. The van der Waals surface area contributed by atoms with Gasteiger partial charge in [0.2, 0.25) is 5.39 Å². The minimum absolute atomic E-state index is 0.0522. The second kappa shape index (κ2) is 7.17. The van der Waals surface area contributed by atoms with Crippen LogP contribution in [0.5, 0.6) is 0 Å². The predicted molar refractivity (Wildman–Crippen MR) is 52.5 cm³/mol. The SMILES string of the molecule is CCC/C=C\CN(C)/C(O)=C/[N+]#N. The summed E-state index contributed by atoms with van der Waals surface area (Å²) < 4.78 is 0. The topological polar surface area (TPSA) is 51.6 Å². The lowest BCUT2D eigenvalue weighted by atomic mass is 10.3. The van der Waals surface area contributed by atoms with Crippen molar-refractivity contribution in [3.8, 4) is 0 Å². The van der Waals surface area contributed by atoms with Gasteiger partial charge in [0.25, 0.3) is 5.88 Å². The van der Waals surface area contributed by atoms with Gasteiger partial charge >= 0.3 is 6.20 Å². The van der Waals surface area contributed by atoms with E-state index in [4.69, 9.17) is 5.39 Å². The zero-order valence-electron chi connectivity index (χ0n) is 8.14. The molecule has 0 fully saturated rings. The van der Waals surface area contributed by atoms with Gasteiger partial charge < -0.3 is 10.0 Å². The lowest BCUT2D eigenvalue weighted by Gasteiger charge is -2.11. The van der Waals surface area contributed by atoms with Gasteiger partial charge in [0.05, 0.1) is 0 Å². The molecule has 0 spiro atoms. The zero-order valence-corrected chi connectivity index (χ0v) is 8.14. The molecule has 0 aromatic heterocycles. The van der Waals surface area contributed by atoms with Gasteiger partial charge in [-0.15, -0.1) is 0 Å². The standard InChI is InChI=1S/C9H15N3O/c1-3-4-5-6-7-12(2)9(13)8-11-10/h5-6,8H,3-4,7H2,1-2H3/p+1/b6-5-,9-8-. The van der Waals surface area contributed by atoms with E-state index >= 15 is 0 Å². The van der Waals surface area contributed by atoms with Crippen molar-refractivity contribution >= 4 is 0 Å². The van der Waals surface area contributed by atoms with Gasteiger partial charge in [0, 0.05) is 13.6 Å². The Morgan fingerprint density at radius 2 is 2.23 bits per heavy atom. The van der Waals surface area contributed by atoms with Crippen LogP contribution >= 0.6 is 0 Å². The van der Waals surface area contributed by atoms with Crippen molar-refractivity contribution in [2.24, 2.45) is 0 Å². The second-order valence-electron chi connectivity index (χ2n) is 2.74. The molecule has 0 radical (unpaired) electrons. The molecule has 0 unspecified atom stereocenters. The molecule has 0 bridgehead atoms. The van der Waals surface area contributed by atoms with Crippen molar-refractivity contribution in [3.63, 3.8) is 0 Å². The molecule has 0 aliphatic rings. The summed E-state index contributed by atoms with van der Waals surface area (Å²) in [5.74, 6) is -0.0522. The summed E-state index contributed by atoms with van der Waals surface area (Å²) in [4.78, 5) is 4.30. The first-order valence-electron chi connectivity index (χ1n) is 4.31. The highest BCUT2D eigenvalue weighted by Gasteiger charge is 2.03. The van der Waals surface area contributed by atoms with Crippen LogP contribution in [0.15, 0.2) is 24.2 Å². The van der Waals surface area contributed by atoms with Gasteiger partial charge in [-0.1, -0.05) is 25.5 Å². The van der Waals surface area contributed by atoms with E-state index < -0.39 is 0 Å². The van der Waals surface area contributed by atoms with E-state index in [1.807, 2.05) is 6.08 Å². The van der Waals surface area contributed by atoms with Crippen molar-refractivity contribution in [1.29, 1.82) is 5.39 Å². The van der Waals surface area contributed by atoms with Gasteiger partial charge in [0.15, 0.2) is 4.98 Å². The third-order valence-electron chi connectivity index (χ3n) is 1.57. The van der Waals surface area contributed by atoms with E-state index in [0.29, 0.717) is 6.54 Å². The van der Waals surface area contributed by atoms with E-state index in [9.17, 15) is 5.11 Å². The van der Waals surface area contributed by atoms with E-state index in [1.165, 1.54) is 0 Å². The minimum atomic E-state index is -0.0522. The molecule has 0 aliphatic heterocycles. The van der Waals surface area contributed by atoms with Crippen LogP contribution < -0.4 is 0 Å². The Hall–Kier alpha value is -1.50. The van der Waals surface area contributed by atoms with E-state index in [0.717, 1.165) is 19.0 Å². The fourth-order valence-electron chi connectivity index (χ4n) is 0.761. The largest absolute Gasteiger partial charge is 0.489 e. The summed E-state index contributed by atoms with van der Waals surface area (Å²) >= 11 is 0. The predicted octanol–water partition coefficient (Wildman–Crippen LogP) is 2.48. The number of likely N-dealkylation sites (N-methyl/N-ethyl adjacent to an activating group) is 1. The third-order valence-corrected chi connectivity index (χ3v) is 1.57. The number of hydrogen-bond donors (Lipinski definition) is 1. The third kappa shape index (κ3) is 5.74. The molecule has 0 amide bonds. The maximum Gasteiger partial charge on any atom is 0.409 e. The maximum absolute atomic E-state index is 9.17. The Morgan fingerprint density at radius 3 is 2.77 bits per heavy atom. The minimum Gasteiger partial charge on any atom is -0.489 e. The lowest BCUT2D eigenvalue weighted by molar-refractivity contribution is 0.248. The van der Waals surface area contributed by atoms with Crippen LogP contribution in [0.4, 0.5) is 0 Å². The fraction of sp³-hybridized carbons (Fsp3) is 0.556. The molecule has 0 saturated carbocycles. The van der Waals surface area contributed by atoms with E-state index in [2.05, 4.69) is 18.0 Å². The van der Waals surface area contributed by atoms with Crippen molar-refractivity contribution < 1.29 is 5.11 Å². The molecule has 0 aliphatic carbocycles. The average Bonchev–Trinajstić information content (AvgIpc) is 2.12. The fourth-order valence-corrected chi connectivity index (χ4v) is 0.761. The number of aliphatic hydroxyl groups excluding tert-OH is 1. The molecule has 0 saturated heterocycles. The number of unbranched alkanes of at least 4 members (excludes halogenated alkanes) is 1. The number of rotatable bonds is 5. The molecular weight excluding hydrogens is 166 g/mol. The zero-order chi connectivity index (χ0) is 10.1. The number of diazo groups is 1. The maximum atomic E-state index is 9.17. The number of allylic oxidation sites excluding steroid dienone is 1. The second-order valence-corrected chi connectivity index (χ2v) is 2.74. The molecule has 4 nitrogen and oxygen atoms in total. The number of aliphatic hydroxyl groups is 1. The van der Waals surface area contributed by atoms with Crippen molar-refractivity contribution in [2.45, 2.75) is 19.8 Å². The molecule has 1 N–H and O–H groups in total. The van der Waals surface area contributed by atoms with Crippen molar-refractivity contribution in [2.75, 3.05) is 13.6 Å². The molecule has 0 aromatic carbocycles. The molecule has 72 valence electrons. The van der Waals surface area contributed by atoms with Crippen LogP contribution in [0.3, 0.4) is 0 Å². The monoisotopic (exact) mass is 182 g/mol. The van der Waals surface area contributed by atoms with Gasteiger partial charge in [-0.05, 0) is 6.42 Å². The number of hydrogen-bond acceptors (Lipinski definition) is 3. The summed E-state index contributed by atoms with van der Waals surface area (Å²) in [5.41, 5.74) is 0. The summed E-state index contributed by atoms with van der Waals surface area (Å²) in [5, 5.41) is 17.3. The molecule has 13 heavy (non-hydrogen) atoms. The van der Waals surface area contributed by atoms with E-state index in [-0.39, 0.29) is 5.88 Å². The molecule has 0 rings (SSSR count). The normalized spacial score (nSPS) is 11.6. The highest BCUT2D eigenvalue weighted by Crippen LogP contribution is 1.97. The molecule has 4 heteroatoms. The summed E-state index contributed by atoms with van der Waals surface area (Å²) in [6, 6.07) is 0. The van der Waals surface area contributed by atoms with Gasteiger partial charge in [-0.2, -0.15) is 0 Å². The Balaban J connectivity index is 3.81. The van der Waals surface area contributed by atoms with Crippen molar-refractivity contribution in [3.05, 3.63) is 29.2 Å². The van der Waals surface area contributed by atoms with Gasteiger partial charge in [-0.3, -0.25) is 0 Å². The smallest absolute Gasteiger partial charge is 0.409 e. The van der Waals surface area contributed by atoms with Crippen LogP contribution in [-0.4, -0.2) is 23.6 Å². The first-order valence-corrected chi connectivity index (χ1v) is 4.31. The van der Waals surface area contributed by atoms with Gasteiger partial charge in [0.1, 0.15) is 0 Å². The Bertz CT molecular complexity index is 228. The van der Waals surface area contributed by atoms with Crippen LogP contribution in [0.1, 0.15) is 19.8 Å². The van der Waals surface area contributed by atoms with E-state index in [1.54, 1.807) is 11.9 Å². The highest BCUT2D eigenvalue weighted by molar-refractivity contribution is 4.97. The molecule has 0 heterocycles. The van der Waals surface area contributed by atoms with Crippen LogP contribution in [-0.2, 0) is 0 Å². The molecule has 0 aromatic rings. The van der Waals surface area contributed by atoms with Crippen LogP contribution in [0, 0.1) is 5.39 Å². The average molecular weight is 182 g/mol. The van der Waals surface area contributed by atoms with Crippen LogP contribution in [0.25, 0.3) is 4.98 Å². The molecule has 0 atom stereocenters. The quantitative estimate of drug-likeness (QED) is 0.403. The molecular formula is C9H16N3O+. The van der Waals surface area contributed by atoms with Gasteiger partial charge in [-0.25, -0.2) is 0 Å². The van der Waals surface area contributed by atoms with Crippen LogP contribution in [0.2, 0.25) is 0 Å². The summed E-state index contributed by atoms with van der Waals surface area (Å²) in [7, 11) is 1.72. The van der Waals surface area contributed by atoms with Crippen molar-refractivity contribution in [1.82, 2.24) is 4.90 Å². The number of nitrogens with zero attached hydrogens (tertiary/aromatic N) is 3. The highest BCUT2D eigenvalue weighted by atomic mass is 16.3.